The largest absolute Gasteiger partial charge is 0.411 e. The first-order chi connectivity index (χ1) is 14.5. The third-order valence-corrected chi connectivity index (χ3v) is 5.54. The summed E-state index contributed by atoms with van der Waals surface area (Å²) in [6.07, 6.45) is 0. The van der Waals surface area contributed by atoms with Gasteiger partial charge in [-0.1, -0.05) is 53.7 Å². The summed E-state index contributed by atoms with van der Waals surface area (Å²) in [6.45, 7) is 3.78. The fourth-order valence-electron chi connectivity index (χ4n) is 2.96. The quantitative estimate of drug-likeness (QED) is 0.429. The number of hydrogen-bond acceptors (Lipinski definition) is 6. The molecule has 2 heterocycles. The average Bonchev–Trinajstić information content (AvgIpc) is 3.33. The highest BCUT2D eigenvalue weighted by atomic mass is 35.5. The number of carbonyl (C=O) groups is 1. The van der Waals surface area contributed by atoms with Crippen LogP contribution in [0.4, 0.5) is 5.69 Å². The van der Waals surface area contributed by atoms with Crippen LogP contribution in [-0.4, -0.2) is 31.6 Å². The van der Waals surface area contributed by atoms with Crippen molar-refractivity contribution >= 4 is 35.0 Å². The zero-order valence-electron chi connectivity index (χ0n) is 16.3. The van der Waals surface area contributed by atoms with Crippen LogP contribution in [0.15, 0.2) is 64.2 Å². The van der Waals surface area contributed by atoms with Gasteiger partial charge in [-0.3, -0.25) is 4.79 Å². The first kappa shape index (κ1) is 20.2. The number of benzene rings is 2. The maximum atomic E-state index is 12.5. The van der Waals surface area contributed by atoms with E-state index in [9.17, 15) is 4.79 Å². The lowest BCUT2D eigenvalue weighted by molar-refractivity contribution is -0.113. The van der Waals surface area contributed by atoms with Crippen molar-refractivity contribution in [2.24, 2.45) is 0 Å². The van der Waals surface area contributed by atoms with E-state index in [0.29, 0.717) is 27.4 Å². The van der Waals surface area contributed by atoms with Crippen LogP contribution >= 0.6 is 23.4 Å². The Morgan fingerprint density at radius 1 is 1.10 bits per heavy atom. The molecule has 0 fully saturated rings. The van der Waals surface area contributed by atoms with Gasteiger partial charge in [0, 0.05) is 0 Å². The van der Waals surface area contributed by atoms with Crippen LogP contribution in [0.3, 0.4) is 0 Å². The molecule has 0 saturated heterocycles. The second-order valence-electron chi connectivity index (χ2n) is 6.48. The van der Waals surface area contributed by atoms with E-state index in [1.165, 1.54) is 0 Å². The standard InChI is InChI=1S/C21H18ClN5O2S/c1-13-19(14(2)27(26-13)15-8-4-3-5-9-15)23-18(28)12-30-21-25-24-20(29-21)16-10-6-7-11-17(16)22/h3-11H,12H2,1-2H3,(H,23,28). The molecule has 7 nitrogen and oxygen atoms in total. The Morgan fingerprint density at radius 3 is 2.60 bits per heavy atom. The van der Waals surface area contributed by atoms with Crippen LogP contribution in [-0.2, 0) is 4.79 Å². The van der Waals surface area contributed by atoms with E-state index in [-0.39, 0.29) is 11.7 Å². The molecule has 1 N–H and O–H groups in total. The molecule has 0 saturated carbocycles. The molecule has 0 unspecified atom stereocenters. The summed E-state index contributed by atoms with van der Waals surface area (Å²) in [5, 5.41) is 16.3. The van der Waals surface area contributed by atoms with Gasteiger partial charge in [-0.05, 0) is 38.1 Å². The molecule has 1 amide bonds. The van der Waals surface area contributed by atoms with Gasteiger partial charge in [0.05, 0.1) is 39.1 Å². The van der Waals surface area contributed by atoms with Crippen molar-refractivity contribution in [3.05, 3.63) is 71.0 Å². The molecule has 0 radical (unpaired) electrons. The Kier molecular flexibility index (Phi) is 5.87. The van der Waals surface area contributed by atoms with E-state index in [0.717, 1.165) is 28.8 Å². The normalized spacial score (nSPS) is 10.9. The zero-order valence-corrected chi connectivity index (χ0v) is 17.9. The highest BCUT2D eigenvalue weighted by Gasteiger charge is 2.17. The van der Waals surface area contributed by atoms with E-state index in [2.05, 4.69) is 20.6 Å². The van der Waals surface area contributed by atoms with Gasteiger partial charge in [0.2, 0.25) is 11.8 Å². The van der Waals surface area contributed by atoms with Crippen molar-refractivity contribution in [2.45, 2.75) is 19.1 Å². The first-order valence-corrected chi connectivity index (χ1v) is 10.5. The fourth-order valence-corrected chi connectivity index (χ4v) is 3.74. The van der Waals surface area contributed by atoms with Crippen molar-refractivity contribution in [2.75, 3.05) is 11.1 Å². The maximum absolute atomic E-state index is 12.5. The third kappa shape index (κ3) is 4.24. The van der Waals surface area contributed by atoms with Crippen molar-refractivity contribution < 1.29 is 9.21 Å². The maximum Gasteiger partial charge on any atom is 0.277 e. The molecule has 2 aromatic heterocycles. The second-order valence-corrected chi connectivity index (χ2v) is 7.82. The molecular formula is C21H18ClN5O2S. The Hall–Kier alpha value is -3.10. The van der Waals surface area contributed by atoms with Crippen LogP contribution in [0.2, 0.25) is 5.02 Å². The summed E-state index contributed by atoms with van der Waals surface area (Å²) in [7, 11) is 0. The van der Waals surface area contributed by atoms with Gasteiger partial charge < -0.3 is 9.73 Å². The van der Waals surface area contributed by atoms with Gasteiger partial charge in [0.1, 0.15) is 0 Å². The number of halogens is 1. The van der Waals surface area contributed by atoms with Gasteiger partial charge in [-0.25, -0.2) is 4.68 Å². The highest BCUT2D eigenvalue weighted by Crippen LogP contribution is 2.29. The molecule has 0 spiro atoms. The summed E-state index contributed by atoms with van der Waals surface area (Å²) < 4.78 is 7.43. The van der Waals surface area contributed by atoms with Gasteiger partial charge >= 0.3 is 0 Å². The van der Waals surface area contributed by atoms with E-state index in [1.54, 1.807) is 12.1 Å². The summed E-state index contributed by atoms with van der Waals surface area (Å²) in [5.74, 6) is 0.259. The Balaban J connectivity index is 1.42. The molecule has 0 aliphatic rings. The molecule has 30 heavy (non-hydrogen) atoms. The van der Waals surface area contributed by atoms with Crippen LogP contribution in [0.25, 0.3) is 17.1 Å². The predicted molar refractivity (Wildman–Crippen MR) is 117 cm³/mol. The number of nitrogens with one attached hydrogen (secondary N) is 1. The summed E-state index contributed by atoms with van der Waals surface area (Å²) >= 11 is 7.32. The number of aromatic nitrogens is 4. The van der Waals surface area contributed by atoms with E-state index >= 15 is 0 Å². The first-order valence-electron chi connectivity index (χ1n) is 9.15. The molecular weight excluding hydrogens is 422 g/mol. The predicted octanol–water partition coefficient (Wildman–Crippen LogP) is 4.92. The topological polar surface area (TPSA) is 85.8 Å². The number of rotatable bonds is 6. The third-order valence-electron chi connectivity index (χ3n) is 4.39. The summed E-state index contributed by atoms with van der Waals surface area (Å²) in [4.78, 5) is 12.5. The number of thioether (sulfide) groups is 1. The minimum absolute atomic E-state index is 0.125. The Morgan fingerprint density at radius 2 is 1.83 bits per heavy atom. The smallest absolute Gasteiger partial charge is 0.277 e. The van der Waals surface area contributed by atoms with Crippen molar-refractivity contribution in [3.8, 4) is 17.1 Å². The molecule has 0 atom stereocenters. The minimum atomic E-state index is -0.184. The highest BCUT2D eigenvalue weighted by molar-refractivity contribution is 7.99. The van der Waals surface area contributed by atoms with Gasteiger partial charge in [0.25, 0.3) is 5.22 Å². The van der Waals surface area contributed by atoms with E-state index < -0.39 is 0 Å². The monoisotopic (exact) mass is 439 g/mol. The number of hydrogen-bond donors (Lipinski definition) is 1. The Bertz CT molecular complexity index is 1190. The molecule has 9 heteroatoms. The summed E-state index contributed by atoms with van der Waals surface area (Å²) in [5.41, 5.74) is 3.89. The fraction of sp³-hybridized carbons (Fsp3) is 0.143. The second kappa shape index (κ2) is 8.73. The zero-order chi connectivity index (χ0) is 21.1. The van der Waals surface area contributed by atoms with Crippen LogP contribution in [0, 0.1) is 13.8 Å². The average molecular weight is 440 g/mol. The van der Waals surface area contributed by atoms with Gasteiger partial charge in [-0.15, -0.1) is 10.2 Å². The SMILES string of the molecule is Cc1nn(-c2ccccc2)c(C)c1NC(=O)CSc1nnc(-c2ccccc2Cl)o1. The molecule has 2 aromatic carbocycles. The number of nitrogens with zero attached hydrogens (tertiary/aromatic N) is 4. The van der Waals surface area contributed by atoms with Crippen molar-refractivity contribution in [1.82, 2.24) is 20.0 Å². The lowest BCUT2D eigenvalue weighted by Crippen LogP contribution is -2.15. The Labute approximate surface area is 182 Å². The number of amides is 1. The lowest BCUT2D eigenvalue weighted by Gasteiger charge is -2.06. The van der Waals surface area contributed by atoms with E-state index in [1.807, 2.05) is 61.0 Å². The molecule has 4 aromatic rings. The molecule has 152 valence electrons. The van der Waals surface area contributed by atoms with Crippen molar-refractivity contribution in [1.29, 1.82) is 0 Å². The van der Waals surface area contributed by atoms with Gasteiger partial charge in [0.15, 0.2) is 0 Å². The number of para-hydroxylation sites is 1. The lowest BCUT2D eigenvalue weighted by atomic mass is 10.2. The molecule has 0 aliphatic carbocycles. The van der Waals surface area contributed by atoms with Gasteiger partial charge in [-0.2, -0.15) is 5.10 Å². The van der Waals surface area contributed by atoms with Crippen LogP contribution in [0.1, 0.15) is 11.4 Å². The van der Waals surface area contributed by atoms with Crippen molar-refractivity contribution in [3.63, 3.8) is 0 Å². The molecule has 0 aliphatic heterocycles. The van der Waals surface area contributed by atoms with Crippen LogP contribution < -0.4 is 5.32 Å². The van der Waals surface area contributed by atoms with Crippen LogP contribution in [0.5, 0.6) is 0 Å². The van der Waals surface area contributed by atoms with E-state index in [4.69, 9.17) is 16.0 Å². The molecule has 0 bridgehead atoms. The minimum Gasteiger partial charge on any atom is -0.411 e. The summed E-state index contributed by atoms with van der Waals surface area (Å²) in [6, 6.07) is 17.0. The molecule has 4 rings (SSSR count). The number of carbonyl (C=O) groups excluding carboxylic acids is 1. The number of anilines is 1. The number of aryl methyl sites for hydroxylation is 1.